The molecule has 0 aromatic heterocycles. The number of carbonyl (C=O) groups is 3. The molecule has 0 heterocycles. The Kier molecular flexibility index (Phi) is 9.21. The Morgan fingerprint density at radius 1 is 0.967 bits per heavy atom. The van der Waals surface area contributed by atoms with Gasteiger partial charge in [-0.3, -0.25) is 9.59 Å². The summed E-state index contributed by atoms with van der Waals surface area (Å²) in [6.07, 6.45) is 0. The van der Waals surface area contributed by atoms with E-state index in [1.54, 1.807) is 30.3 Å². The van der Waals surface area contributed by atoms with E-state index in [1.807, 2.05) is 39.8 Å². The lowest BCUT2D eigenvalue weighted by atomic mass is 10.0. The standard InChI is InChI=1S/C23H27NO5.ClH/c1-15-6-8-17(9-7-15)22(27)29-21-11-10-18(12-19(21)14-28-16(2)25)20(26)13-24-23(3,4)5;/h6-12,24H,13-14H2,1-5H3;1H. The van der Waals surface area contributed by atoms with Crippen molar-refractivity contribution in [3.8, 4) is 5.75 Å². The summed E-state index contributed by atoms with van der Waals surface area (Å²) >= 11 is 0. The van der Waals surface area contributed by atoms with Crippen LogP contribution in [0.1, 0.15) is 59.5 Å². The van der Waals surface area contributed by atoms with Gasteiger partial charge in [-0.15, -0.1) is 12.4 Å². The normalized spacial score (nSPS) is 10.7. The van der Waals surface area contributed by atoms with Crippen molar-refractivity contribution in [3.63, 3.8) is 0 Å². The van der Waals surface area contributed by atoms with Crippen molar-refractivity contribution in [1.82, 2.24) is 5.32 Å². The second-order valence-electron chi connectivity index (χ2n) is 7.89. The van der Waals surface area contributed by atoms with Crippen LogP contribution in [0.25, 0.3) is 0 Å². The molecule has 2 aromatic carbocycles. The molecule has 0 spiro atoms. The van der Waals surface area contributed by atoms with Gasteiger partial charge in [-0.25, -0.2) is 4.79 Å². The van der Waals surface area contributed by atoms with Gasteiger partial charge in [0.05, 0.1) is 12.1 Å². The maximum atomic E-state index is 12.5. The summed E-state index contributed by atoms with van der Waals surface area (Å²) in [4.78, 5) is 36.2. The molecule has 162 valence electrons. The zero-order chi connectivity index (χ0) is 21.6. The summed E-state index contributed by atoms with van der Waals surface area (Å²) < 4.78 is 10.6. The molecule has 0 fully saturated rings. The number of halogens is 1. The van der Waals surface area contributed by atoms with Crippen LogP contribution >= 0.6 is 12.4 Å². The fraction of sp³-hybridized carbons (Fsp3) is 0.348. The van der Waals surface area contributed by atoms with Crippen LogP contribution in [-0.2, 0) is 16.1 Å². The molecular weight excluding hydrogens is 406 g/mol. The summed E-state index contributed by atoms with van der Waals surface area (Å²) in [5, 5.41) is 3.14. The Bertz CT molecular complexity index is 901. The SMILES string of the molecule is CC(=O)OCc1cc(C(=O)CNC(C)(C)C)ccc1OC(=O)c1ccc(C)cc1.Cl. The number of hydrogen-bond acceptors (Lipinski definition) is 6. The smallest absolute Gasteiger partial charge is 0.343 e. The fourth-order valence-electron chi connectivity index (χ4n) is 2.44. The maximum Gasteiger partial charge on any atom is 0.343 e. The molecule has 6 nitrogen and oxygen atoms in total. The van der Waals surface area contributed by atoms with Gasteiger partial charge >= 0.3 is 11.9 Å². The largest absolute Gasteiger partial charge is 0.461 e. The Labute approximate surface area is 183 Å². The summed E-state index contributed by atoms with van der Waals surface area (Å²) in [6, 6.07) is 11.7. The highest BCUT2D eigenvalue weighted by Gasteiger charge is 2.17. The molecule has 2 aromatic rings. The molecular formula is C23H28ClNO5. The molecule has 0 amide bonds. The van der Waals surface area contributed by atoms with E-state index in [9.17, 15) is 14.4 Å². The number of nitrogens with one attached hydrogen (secondary N) is 1. The summed E-state index contributed by atoms with van der Waals surface area (Å²) in [5.74, 6) is -0.855. The minimum atomic E-state index is -0.525. The second-order valence-corrected chi connectivity index (χ2v) is 7.89. The van der Waals surface area contributed by atoms with Crippen LogP contribution < -0.4 is 10.1 Å². The first-order chi connectivity index (χ1) is 13.5. The molecule has 0 unspecified atom stereocenters. The van der Waals surface area contributed by atoms with Crippen LogP contribution in [-0.4, -0.2) is 29.8 Å². The number of carbonyl (C=O) groups excluding carboxylic acids is 3. The monoisotopic (exact) mass is 433 g/mol. The zero-order valence-electron chi connectivity index (χ0n) is 17.9. The fourth-order valence-corrected chi connectivity index (χ4v) is 2.44. The van der Waals surface area contributed by atoms with Gasteiger partial charge in [0.25, 0.3) is 0 Å². The van der Waals surface area contributed by atoms with Crippen molar-refractivity contribution in [1.29, 1.82) is 0 Å². The van der Waals surface area contributed by atoms with E-state index in [0.29, 0.717) is 16.7 Å². The van der Waals surface area contributed by atoms with Crippen LogP contribution in [0.2, 0.25) is 0 Å². The van der Waals surface area contributed by atoms with Gasteiger partial charge < -0.3 is 14.8 Å². The molecule has 0 aliphatic heterocycles. The highest BCUT2D eigenvalue weighted by molar-refractivity contribution is 5.98. The quantitative estimate of drug-likeness (QED) is 0.399. The van der Waals surface area contributed by atoms with Gasteiger partial charge in [-0.1, -0.05) is 17.7 Å². The van der Waals surface area contributed by atoms with E-state index in [4.69, 9.17) is 9.47 Å². The van der Waals surface area contributed by atoms with E-state index >= 15 is 0 Å². The highest BCUT2D eigenvalue weighted by Crippen LogP contribution is 2.23. The third-order valence-electron chi connectivity index (χ3n) is 4.08. The van der Waals surface area contributed by atoms with E-state index < -0.39 is 11.9 Å². The van der Waals surface area contributed by atoms with Gasteiger partial charge in [0.1, 0.15) is 12.4 Å². The number of ether oxygens (including phenoxy) is 2. The number of rotatable bonds is 7. The van der Waals surface area contributed by atoms with Gasteiger partial charge in [0, 0.05) is 23.6 Å². The molecule has 7 heteroatoms. The number of benzene rings is 2. The Morgan fingerprint density at radius 2 is 1.57 bits per heavy atom. The first kappa shape index (κ1) is 25.3. The van der Waals surface area contributed by atoms with Crippen molar-refractivity contribution >= 4 is 30.1 Å². The van der Waals surface area contributed by atoms with E-state index in [2.05, 4.69) is 5.32 Å². The van der Waals surface area contributed by atoms with Crippen LogP contribution in [0, 0.1) is 6.92 Å². The topological polar surface area (TPSA) is 81.7 Å². The molecule has 1 N–H and O–H groups in total. The predicted molar refractivity (Wildman–Crippen MR) is 117 cm³/mol. The Morgan fingerprint density at radius 3 is 2.13 bits per heavy atom. The van der Waals surface area contributed by atoms with Crippen LogP contribution in [0.4, 0.5) is 0 Å². The van der Waals surface area contributed by atoms with Crippen LogP contribution in [0.5, 0.6) is 5.75 Å². The lowest BCUT2D eigenvalue weighted by Gasteiger charge is -2.20. The molecule has 2 rings (SSSR count). The predicted octanol–water partition coefficient (Wildman–Crippen LogP) is 4.27. The number of hydrogen-bond donors (Lipinski definition) is 1. The molecule has 0 aliphatic carbocycles. The third-order valence-corrected chi connectivity index (χ3v) is 4.08. The van der Waals surface area contributed by atoms with E-state index in [0.717, 1.165) is 5.56 Å². The number of esters is 2. The lowest BCUT2D eigenvalue weighted by Crippen LogP contribution is -2.39. The maximum absolute atomic E-state index is 12.5. The molecule has 0 bridgehead atoms. The van der Waals surface area contributed by atoms with Crippen LogP contribution in [0.3, 0.4) is 0 Å². The van der Waals surface area contributed by atoms with Gasteiger partial charge in [0.15, 0.2) is 5.78 Å². The minimum Gasteiger partial charge on any atom is -0.461 e. The van der Waals surface area contributed by atoms with Crippen molar-refractivity contribution < 1.29 is 23.9 Å². The second kappa shape index (κ2) is 10.9. The number of ketones is 1. The summed E-state index contributed by atoms with van der Waals surface area (Å²) in [6.45, 7) is 9.20. The lowest BCUT2D eigenvalue weighted by molar-refractivity contribution is -0.142. The molecule has 0 saturated carbocycles. The molecule has 30 heavy (non-hydrogen) atoms. The number of Topliss-reactive ketones (excluding diaryl/α,β-unsaturated/α-hetero) is 1. The van der Waals surface area contributed by atoms with Crippen molar-refractivity contribution in [2.75, 3.05) is 6.54 Å². The average molecular weight is 434 g/mol. The van der Waals surface area contributed by atoms with Gasteiger partial charge in [-0.05, 0) is 58.0 Å². The molecule has 0 radical (unpaired) electrons. The van der Waals surface area contributed by atoms with Crippen molar-refractivity contribution in [3.05, 3.63) is 64.7 Å². The highest BCUT2D eigenvalue weighted by atomic mass is 35.5. The first-order valence-corrected chi connectivity index (χ1v) is 9.38. The van der Waals surface area contributed by atoms with Crippen molar-refractivity contribution in [2.24, 2.45) is 0 Å². The molecule has 0 aliphatic rings. The van der Waals surface area contributed by atoms with Crippen molar-refractivity contribution in [2.45, 2.75) is 46.8 Å². The van der Waals surface area contributed by atoms with Gasteiger partial charge in [0.2, 0.25) is 0 Å². The third kappa shape index (κ3) is 7.97. The molecule has 0 atom stereocenters. The molecule has 0 saturated heterocycles. The Hall–Kier alpha value is -2.70. The minimum absolute atomic E-state index is 0. The van der Waals surface area contributed by atoms with Crippen LogP contribution in [0.15, 0.2) is 42.5 Å². The number of aryl methyl sites for hydroxylation is 1. The van der Waals surface area contributed by atoms with E-state index in [-0.39, 0.29) is 42.6 Å². The average Bonchev–Trinajstić information content (AvgIpc) is 2.65. The summed E-state index contributed by atoms with van der Waals surface area (Å²) in [7, 11) is 0. The summed E-state index contributed by atoms with van der Waals surface area (Å²) in [5.41, 5.74) is 2.13. The van der Waals surface area contributed by atoms with Gasteiger partial charge in [-0.2, -0.15) is 0 Å². The Balaban J connectivity index is 0.00000450. The van der Waals surface area contributed by atoms with E-state index in [1.165, 1.54) is 6.92 Å². The zero-order valence-corrected chi connectivity index (χ0v) is 18.7. The first-order valence-electron chi connectivity index (χ1n) is 9.38.